The molecule has 3 aromatic carbocycles. The van der Waals surface area contributed by atoms with Gasteiger partial charge in [-0.05, 0) is 105 Å². The maximum absolute atomic E-state index is 12.1. The summed E-state index contributed by atoms with van der Waals surface area (Å²) in [6.07, 6.45) is 11.9. The third kappa shape index (κ3) is 14.2. The average Bonchev–Trinajstić information content (AvgIpc) is 3.58. The van der Waals surface area contributed by atoms with Gasteiger partial charge in [-0.15, -0.1) is 15.0 Å². The van der Waals surface area contributed by atoms with Gasteiger partial charge in [-0.1, -0.05) is 98.3 Å². The second kappa shape index (κ2) is 22.2. The minimum Gasteiger partial charge on any atom is -0.508 e. The van der Waals surface area contributed by atoms with E-state index in [0.717, 1.165) is 73.5 Å². The van der Waals surface area contributed by atoms with E-state index in [1.807, 2.05) is 77.9 Å². The van der Waals surface area contributed by atoms with Gasteiger partial charge >= 0.3 is 11.9 Å². The largest absolute Gasteiger partial charge is 0.508 e. The summed E-state index contributed by atoms with van der Waals surface area (Å²) in [5.74, 6) is 0.145. The van der Waals surface area contributed by atoms with Crippen molar-refractivity contribution < 1.29 is 34.4 Å². The molecule has 4 rings (SSSR count). The van der Waals surface area contributed by atoms with Gasteiger partial charge in [0.2, 0.25) is 0 Å². The molecule has 1 heterocycles. The Morgan fingerprint density at radius 3 is 1.52 bits per heavy atom. The lowest BCUT2D eigenvalue weighted by Crippen LogP contribution is -2.21. The topological polar surface area (TPSA) is 144 Å². The number of rotatable bonds is 21. The van der Waals surface area contributed by atoms with Crippen LogP contribution in [0.4, 0.5) is 0 Å². The van der Waals surface area contributed by atoms with Crippen LogP contribution in [-0.4, -0.2) is 55.5 Å². The molecule has 3 N–H and O–H groups in total. The van der Waals surface area contributed by atoms with Crippen LogP contribution in [0.15, 0.2) is 48.5 Å². The normalized spacial score (nSPS) is 11.6. The van der Waals surface area contributed by atoms with Gasteiger partial charge in [-0.2, -0.15) is 0 Å². The molecule has 0 aliphatic rings. The highest BCUT2D eigenvalue weighted by atomic mass is 16.5. The molecular formula is C46H67N3O7. The predicted molar refractivity (Wildman–Crippen MR) is 224 cm³/mol. The zero-order valence-corrected chi connectivity index (χ0v) is 35.2. The number of unbranched alkanes of at least 4 members (excludes halogenated alkanes) is 6. The van der Waals surface area contributed by atoms with Crippen LogP contribution in [0.1, 0.15) is 154 Å². The number of fused-ring (bicyclic) bond motifs is 1. The van der Waals surface area contributed by atoms with Gasteiger partial charge in [0, 0.05) is 24.0 Å². The van der Waals surface area contributed by atoms with E-state index in [1.54, 1.807) is 12.1 Å². The van der Waals surface area contributed by atoms with Crippen LogP contribution in [0.2, 0.25) is 0 Å². The van der Waals surface area contributed by atoms with Crippen molar-refractivity contribution in [3.63, 3.8) is 0 Å². The fourth-order valence-corrected chi connectivity index (χ4v) is 6.91. The summed E-state index contributed by atoms with van der Waals surface area (Å²) in [5, 5.41) is 40.7. The highest BCUT2D eigenvalue weighted by Gasteiger charge is 2.30. The first-order valence-corrected chi connectivity index (χ1v) is 20.6. The maximum atomic E-state index is 12.1. The minimum atomic E-state index is -0.424. The molecule has 4 aromatic rings. The number of phenols is 3. The molecule has 0 spiro atoms. The lowest BCUT2D eigenvalue weighted by atomic mass is 9.75. The van der Waals surface area contributed by atoms with Crippen molar-refractivity contribution >= 4 is 23.0 Å². The number of hydrogen-bond acceptors (Lipinski definition) is 9. The van der Waals surface area contributed by atoms with E-state index in [0.29, 0.717) is 68.6 Å². The summed E-state index contributed by atoms with van der Waals surface area (Å²) >= 11 is 0. The molecule has 10 heteroatoms. The third-order valence-corrected chi connectivity index (χ3v) is 10.4. The van der Waals surface area contributed by atoms with E-state index in [9.17, 15) is 24.9 Å². The van der Waals surface area contributed by atoms with E-state index >= 15 is 0 Å². The van der Waals surface area contributed by atoms with Crippen molar-refractivity contribution in [2.75, 3.05) is 13.2 Å². The highest BCUT2D eigenvalue weighted by molar-refractivity contribution is 5.74. The summed E-state index contributed by atoms with van der Waals surface area (Å²) in [4.78, 5) is 25.6. The van der Waals surface area contributed by atoms with Crippen LogP contribution < -0.4 is 0 Å². The van der Waals surface area contributed by atoms with Crippen molar-refractivity contribution in [1.29, 1.82) is 0 Å². The van der Waals surface area contributed by atoms with Gasteiger partial charge in [-0.3, -0.25) is 9.59 Å². The van der Waals surface area contributed by atoms with Crippen LogP contribution in [0, 0.1) is 13.8 Å². The molecule has 56 heavy (non-hydrogen) atoms. The maximum Gasteiger partial charge on any atom is 0.305 e. The first-order valence-electron chi connectivity index (χ1n) is 20.6. The van der Waals surface area contributed by atoms with Crippen molar-refractivity contribution in [2.24, 2.45) is 0 Å². The number of nitrogens with zero attached hydrogens (tertiary/aromatic N) is 3. The number of ether oxygens (including phenoxy) is 2. The molecule has 0 unspecified atom stereocenters. The van der Waals surface area contributed by atoms with Crippen LogP contribution in [0.3, 0.4) is 0 Å². The number of carbonyl (C=O) groups excluding carboxylic acids is 2. The van der Waals surface area contributed by atoms with Crippen LogP contribution >= 0.6 is 0 Å². The zero-order valence-electron chi connectivity index (χ0n) is 35.2. The molecule has 308 valence electrons. The van der Waals surface area contributed by atoms with Crippen LogP contribution in [-0.2, 0) is 29.9 Å². The molecule has 0 aliphatic carbocycles. The summed E-state index contributed by atoms with van der Waals surface area (Å²) < 4.78 is 10.7. The molecule has 0 saturated heterocycles. The number of carbonyl (C=O) groups is 2. The predicted octanol–water partition coefficient (Wildman–Crippen LogP) is 11.0. The number of hydrogen-bond donors (Lipinski definition) is 3. The first-order chi connectivity index (χ1) is 26.6. The number of phenolic OH excluding ortho intramolecular Hbond substituents is 3. The molecule has 1 aromatic heterocycles. The first kappa shape index (κ1) is 45.8. The lowest BCUT2D eigenvalue weighted by Gasteiger charge is -2.30. The number of benzene rings is 3. The average molecular weight is 774 g/mol. The Hall–Kier alpha value is -4.60. The SMILES string of the molecule is CCCCCCOC(=O)CCCC(C)(C)c1cc(O)c(C(C)(C)CCCC(=O)OCCCCCC)cc1O.Cc1cc(C)c(O)c(-n2nc3ccccc3n2)c1. The second-order valence-electron chi connectivity index (χ2n) is 16.4. The van der Waals surface area contributed by atoms with Gasteiger partial charge < -0.3 is 24.8 Å². The number of aromatic nitrogens is 3. The highest BCUT2D eigenvalue weighted by Crippen LogP contribution is 2.43. The van der Waals surface area contributed by atoms with Crippen molar-refractivity contribution in [3.05, 3.63) is 70.8 Å². The molecular weight excluding hydrogens is 707 g/mol. The molecule has 0 fully saturated rings. The monoisotopic (exact) mass is 773 g/mol. The van der Waals surface area contributed by atoms with Gasteiger partial charge in [0.25, 0.3) is 0 Å². The molecule has 0 saturated carbocycles. The Labute approximate surface area is 334 Å². The summed E-state index contributed by atoms with van der Waals surface area (Å²) in [6.45, 7) is 17.2. The fourth-order valence-electron chi connectivity index (χ4n) is 6.91. The number of aryl methyl sites for hydroxylation is 2. The summed E-state index contributed by atoms with van der Waals surface area (Å²) in [5.41, 5.74) is 4.62. The lowest BCUT2D eigenvalue weighted by molar-refractivity contribution is -0.144. The Morgan fingerprint density at radius 2 is 1.09 bits per heavy atom. The molecule has 0 atom stereocenters. The van der Waals surface area contributed by atoms with E-state index < -0.39 is 10.8 Å². The molecule has 0 radical (unpaired) electrons. The molecule has 0 bridgehead atoms. The smallest absolute Gasteiger partial charge is 0.305 e. The Bertz CT molecular complexity index is 1740. The summed E-state index contributed by atoms with van der Waals surface area (Å²) in [7, 11) is 0. The fraction of sp³-hybridized carbons (Fsp3) is 0.565. The van der Waals surface area contributed by atoms with Crippen LogP contribution in [0.25, 0.3) is 16.7 Å². The number of aromatic hydroxyl groups is 3. The Kier molecular flexibility index (Phi) is 18.2. The van der Waals surface area contributed by atoms with E-state index in [1.165, 1.54) is 4.80 Å². The van der Waals surface area contributed by atoms with Crippen molar-refractivity contribution in [3.8, 4) is 22.9 Å². The Balaban J connectivity index is 0.000000382. The van der Waals surface area contributed by atoms with Crippen molar-refractivity contribution in [2.45, 2.75) is 156 Å². The van der Waals surface area contributed by atoms with Crippen molar-refractivity contribution in [1.82, 2.24) is 15.0 Å². The van der Waals surface area contributed by atoms with Gasteiger partial charge in [-0.25, -0.2) is 0 Å². The van der Waals surface area contributed by atoms with Gasteiger partial charge in [0.05, 0.1) is 13.2 Å². The summed E-state index contributed by atoms with van der Waals surface area (Å²) in [6, 6.07) is 14.8. The molecule has 0 aliphatic heterocycles. The second-order valence-corrected chi connectivity index (χ2v) is 16.4. The van der Waals surface area contributed by atoms with Gasteiger partial charge in [0.1, 0.15) is 34.0 Å². The van der Waals surface area contributed by atoms with E-state index in [2.05, 4.69) is 24.0 Å². The Morgan fingerprint density at radius 1 is 0.643 bits per heavy atom. The molecule has 0 amide bonds. The minimum absolute atomic E-state index is 0.140. The standard InChI is InChI=1S/C32H54O6.C14H13N3O/c1-7-9-11-13-21-37-29(35)17-15-19-31(3,4)25-23-28(34)26(24-27(25)33)32(5,6)20-16-18-30(36)38-22-14-12-10-8-2;1-9-7-10(2)14(18)13(8-9)17-15-11-5-3-4-6-12(11)16-17/h23-24,33-34H,7-22H2,1-6H3;3-8,18H,1-2H3. The molecule has 10 nitrogen and oxygen atoms in total. The van der Waals surface area contributed by atoms with Crippen LogP contribution in [0.5, 0.6) is 17.2 Å². The number of esters is 2. The van der Waals surface area contributed by atoms with Gasteiger partial charge in [0.15, 0.2) is 0 Å². The van der Waals surface area contributed by atoms with E-state index in [4.69, 9.17) is 9.47 Å². The zero-order chi connectivity index (χ0) is 41.3. The van der Waals surface area contributed by atoms with E-state index in [-0.39, 0.29) is 29.2 Å². The quantitative estimate of drug-likeness (QED) is 0.0428. The third-order valence-electron chi connectivity index (χ3n) is 10.4.